The monoisotopic (exact) mass is 300 g/mol. The molecule has 120 valence electrons. The van der Waals surface area contributed by atoms with Crippen LogP contribution in [-0.4, -0.2) is 61.0 Å². The van der Waals surface area contributed by atoms with E-state index in [1.165, 1.54) is 0 Å². The van der Waals surface area contributed by atoms with E-state index in [4.69, 9.17) is 14.2 Å². The Balaban J connectivity index is 2.05. The topological polar surface area (TPSA) is 87.5 Å². The van der Waals surface area contributed by atoms with Gasteiger partial charge in [-0.05, 0) is 0 Å². The molecule has 0 bridgehead atoms. The number of amides is 1. The highest BCUT2D eigenvalue weighted by Crippen LogP contribution is 1.96. The SMILES string of the molecule is CCC(=O)NCCOCCn1cc(COCCOC)nn1. The normalized spacial score (nSPS) is 10.8. The molecule has 0 aliphatic heterocycles. The fraction of sp³-hybridized carbons (Fsp3) is 0.769. The minimum Gasteiger partial charge on any atom is -0.382 e. The molecule has 0 radical (unpaired) electrons. The predicted molar refractivity (Wildman–Crippen MR) is 75.7 cm³/mol. The van der Waals surface area contributed by atoms with Crippen LogP contribution < -0.4 is 5.32 Å². The number of nitrogens with one attached hydrogen (secondary N) is 1. The number of methoxy groups -OCH3 is 1. The summed E-state index contributed by atoms with van der Waals surface area (Å²) in [6, 6.07) is 0. The number of ether oxygens (including phenoxy) is 3. The Bertz CT molecular complexity index is 397. The first-order chi connectivity index (χ1) is 10.3. The largest absolute Gasteiger partial charge is 0.382 e. The third-order valence-corrected chi connectivity index (χ3v) is 2.62. The van der Waals surface area contributed by atoms with E-state index in [1.807, 2.05) is 13.1 Å². The maximum Gasteiger partial charge on any atom is 0.219 e. The first-order valence-electron chi connectivity index (χ1n) is 7.06. The van der Waals surface area contributed by atoms with E-state index >= 15 is 0 Å². The van der Waals surface area contributed by atoms with Crippen molar-refractivity contribution >= 4 is 5.91 Å². The quantitative estimate of drug-likeness (QED) is 0.546. The van der Waals surface area contributed by atoms with Gasteiger partial charge in [-0.15, -0.1) is 5.10 Å². The highest BCUT2D eigenvalue weighted by molar-refractivity contribution is 5.75. The average molecular weight is 300 g/mol. The molecular weight excluding hydrogens is 276 g/mol. The fourth-order valence-corrected chi connectivity index (χ4v) is 1.48. The van der Waals surface area contributed by atoms with Gasteiger partial charge in [0.1, 0.15) is 5.69 Å². The smallest absolute Gasteiger partial charge is 0.219 e. The summed E-state index contributed by atoms with van der Waals surface area (Å²) < 4.78 is 17.3. The second-order valence-electron chi connectivity index (χ2n) is 4.33. The summed E-state index contributed by atoms with van der Waals surface area (Å²) in [5, 5.41) is 10.7. The Labute approximate surface area is 124 Å². The maximum atomic E-state index is 11.0. The van der Waals surface area contributed by atoms with Crippen molar-refractivity contribution in [2.75, 3.05) is 40.1 Å². The van der Waals surface area contributed by atoms with E-state index in [2.05, 4.69) is 15.6 Å². The van der Waals surface area contributed by atoms with Crippen molar-refractivity contribution < 1.29 is 19.0 Å². The van der Waals surface area contributed by atoms with Crippen molar-refractivity contribution in [3.05, 3.63) is 11.9 Å². The van der Waals surface area contributed by atoms with Crippen LogP contribution in [0.2, 0.25) is 0 Å². The van der Waals surface area contributed by atoms with Crippen LogP contribution in [0.5, 0.6) is 0 Å². The standard InChI is InChI=1S/C13H24N4O4/c1-3-13(18)14-4-6-20-7-5-17-10-12(15-16-17)11-21-9-8-19-2/h10H,3-9,11H2,1-2H3,(H,14,18). The third-order valence-electron chi connectivity index (χ3n) is 2.62. The molecule has 8 nitrogen and oxygen atoms in total. The van der Waals surface area contributed by atoms with Crippen LogP contribution >= 0.6 is 0 Å². The van der Waals surface area contributed by atoms with Crippen LogP contribution in [0.4, 0.5) is 0 Å². The lowest BCUT2D eigenvalue weighted by atomic mass is 10.4. The van der Waals surface area contributed by atoms with Crippen LogP contribution in [-0.2, 0) is 32.2 Å². The van der Waals surface area contributed by atoms with Crippen molar-refractivity contribution in [3.8, 4) is 0 Å². The van der Waals surface area contributed by atoms with Crippen molar-refractivity contribution in [3.63, 3.8) is 0 Å². The number of carbonyl (C=O) groups is 1. The van der Waals surface area contributed by atoms with Gasteiger partial charge in [-0.2, -0.15) is 0 Å². The van der Waals surface area contributed by atoms with Gasteiger partial charge in [-0.25, -0.2) is 4.68 Å². The van der Waals surface area contributed by atoms with Gasteiger partial charge < -0.3 is 19.5 Å². The fourth-order valence-electron chi connectivity index (χ4n) is 1.48. The van der Waals surface area contributed by atoms with Crippen LogP contribution in [0.1, 0.15) is 19.0 Å². The Kier molecular flexibility index (Phi) is 9.34. The molecule has 1 rings (SSSR count). The summed E-state index contributed by atoms with van der Waals surface area (Å²) in [6.07, 6.45) is 2.32. The van der Waals surface area contributed by atoms with Crippen LogP contribution in [0, 0.1) is 0 Å². The lowest BCUT2D eigenvalue weighted by Crippen LogP contribution is -2.26. The van der Waals surface area contributed by atoms with Crippen molar-refractivity contribution in [2.24, 2.45) is 0 Å². The van der Waals surface area contributed by atoms with Gasteiger partial charge in [0.2, 0.25) is 5.91 Å². The number of carbonyl (C=O) groups excluding carboxylic acids is 1. The van der Waals surface area contributed by atoms with Crippen LogP contribution in [0.25, 0.3) is 0 Å². The molecule has 8 heteroatoms. The highest BCUT2D eigenvalue weighted by Gasteiger charge is 2.01. The van der Waals surface area contributed by atoms with Gasteiger partial charge in [0.25, 0.3) is 0 Å². The van der Waals surface area contributed by atoms with E-state index in [0.717, 1.165) is 5.69 Å². The lowest BCUT2D eigenvalue weighted by Gasteiger charge is -2.05. The molecule has 1 aromatic heterocycles. The highest BCUT2D eigenvalue weighted by atomic mass is 16.5. The molecular formula is C13H24N4O4. The summed E-state index contributed by atoms with van der Waals surface area (Å²) in [6.45, 7) is 5.51. The Morgan fingerprint density at radius 2 is 2.14 bits per heavy atom. The number of rotatable bonds is 12. The maximum absolute atomic E-state index is 11.0. The molecule has 0 atom stereocenters. The van der Waals surface area contributed by atoms with Gasteiger partial charge >= 0.3 is 0 Å². The van der Waals surface area contributed by atoms with E-state index in [-0.39, 0.29) is 5.91 Å². The second kappa shape index (κ2) is 11.2. The lowest BCUT2D eigenvalue weighted by molar-refractivity contribution is -0.121. The number of hydrogen-bond acceptors (Lipinski definition) is 6. The van der Waals surface area contributed by atoms with E-state index < -0.39 is 0 Å². The zero-order valence-electron chi connectivity index (χ0n) is 12.7. The number of aromatic nitrogens is 3. The first kappa shape index (κ1) is 17.5. The minimum atomic E-state index is 0.0352. The van der Waals surface area contributed by atoms with E-state index in [9.17, 15) is 4.79 Å². The Morgan fingerprint density at radius 3 is 2.90 bits per heavy atom. The Hall–Kier alpha value is -1.51. The molecule has 0 spiro atoms. The summed E-state index contributed by atoms with van der Waals surface area (Å²) in [4.78, 5) is 11.0. The molecule has 0 saturated carbocycles. The van der Waals surface area contributed by atoms with Gasteiger partial charge in [0, 0.05) is 20.1 Å². The predicted octanol–water partition coefficient (Wildman–Crippen LogP) is -0.0161. The number of nitrogens with zero attached hydrogens (tertiary/aromatic N) is 3. The second-order valence-corrected chi connectivity index (χ2v) is 4.33. The molecule has 1 aromatic rings. The molecule has 21 heavy (non-hydrogen) atoms. The first-order valence-corrected chi connectivity index (χ1v) is 7.06. The molecule has 0 aliphatic rings. The molecule has 1 N–H and O–H groups in total. The summed E-state index contributed by atoms with van der Waals surface area (Å²) in [5.74, 6) is 0.0352. The van der Waals surface area contributed by atoms with Crippen molar-refractivity contribution in [2.45, 2.75) is 26.5 Å². The van der Waals surface area contributed by atoms with Gasteiger partial charge in [0.05, 0.1) is 45.8 Å². The molecule has 0 unspecified atom stereocenters. The van der Waals surface area contributed by atoms with Gasteiger partial charge in [-0.3, -0.25) is 4.79 Å². The van der Waals surface area contributed by atoms with Crippen molar-refractivity contribution in [1.82, 2.24) is 20.3 Å². The molecule has 0 aliphatic carbocycles. The molecule has 0 fully saturated rings. The van der Waals surface area contributed by atoms with Gasteiger partial charge in [0.15, 0.2) is 0 Å². The Morgan fingerprint density at radius 1 is 1.29 bits per heavy atom. The molecule has 1 heterocycles. The summed E-state index contributed by atoms with van der Waals surface area (Å²) in [5.41, 5.74) is 0.779. The molecule has 0 saturated heterocycles. The summed E-state index contributed by atoms with van der Waals surface area (Å²) in [7, 11) is 1.63. The average Bonchev–Trinajstić information content (AvgIpc) is 2.94. The molecule has 1 amide bonds. The minimum absolute atomic E-state index is 0.0352. The van der Waals surface area contributed by atoms with E-state index in [0.29, 0.717) is 52.5 Å². The summed E-state index contributed by atoms with van der Waals surface area (Å²) >= 11 is 0. The van der Waals surface area contributed by atoms with Crippen LogP contribution in [0.3, 0.4) is 0 Å². The van der Waals surface area contributed by atoms with Crippen LogP contribution in [0.15, 0.2) is 6.20 Å². The van der Waals surface area contributed by atoms with Crippen molar-refractivity contribution in [1.29, 1.82) is 0 Å². The third kappa shape index (κ3) is 8.38. The zero-order chi connectivity index (χ0) is 15.3. The van der Waals surface area contributed by atoms with Gasteiger partial charge in [-0.1, -0.05) is 12.1 Å². The number of hydrogen-bond donors (Lipinski definition) is 1. The van der Waals surface area contributed by atoms with E-state index in [1.54, 1.807) is 11.8 Å². The zero-order valence-corrected chi connectivity index (χ0v) is 12.7. The molecule has 0 aromatic carbocycles.